The van der Waals surface area contributed by atoms with Crippen molar-refractivity contribution in [1.82, 2.24) is 5.32 Å². The molecule has 0 heterocycles. The molecule has 1 amide bonds. The molecule has 1 aromatic rings. The van der Waals surface area contributed by atoms with E-state index in [1.165, 1.54) is 51.8 Å². The van der Waals surface area contributed by atoms with E-state index in [4.69, 9.17) is 4.74 Å². The number of ether oxygens (including phenoxy) is 1. The molecule has 0 aliphatic carbocycles. The predicted octanol–water partition coefficient (Wildman–Crippen LogP) is 6.65. The van der Waals surface area contributed by atoms with Crippen LogP contribution >= 0.6 is 0 Å². The third kappa shape index (κ3) is 9.87. The van der Waals surface area contributed by atoms with Crippen molar-refractivity contribution in [3.63, 3.8) is 0 Å². The van der Waals surface area contributed by atoms with Gasteiger partial charge in [-0.1, -0.05) is 0 Å². The number of aliphatic carboxylic acids is 1. The van der Waals surface area contributed by atoms with Gasteiger partial charge in [0.1, 0.15) is 0 Å². The first-order valence-corrected chi connectivity index (χ1v) is 20.2. The standard InChI is InChI=1S/C15H20NO4.3C4H9.Sn/c1-14(2,3)20-13(19)16-15(4,12(17)18)10-11-8-6-5-7-9-11;3*1-3-4-2;/h6-9H,10H2,1-4H3,(H,16,19)(H,17,18);3*1,3-4H2,2H3;. The normalized spacial score (nSPS) is 13.9. The fourth-order valence-corrected chi connectivity index (χ4v) is 20.4. The van der Waals surface area contributed by atoms with Crippen LogP contribution in [0.3, 0.4) is 0 Å². The molecule has 1 rings (SSSR count). The summed E-state index contributed by atoms with van der Waals surface area (Å²) in [6, 6.07) is 8.73. The van der Waals surface area contributed by atoms with Gasteiger partial charge in [-0.25, -0.2) is 0 Å². The molecule has 0 bridgehead atoms. The number of amides is 1. The van der Waals surface area contributed by atoms with Crippen LogP contribution in [0.1, 0.15) is 92.6 Å². The minimum absolute atomic E-state index is 0.212. The molecule has 0 fully saturated rings. The van der Waals surface area contributed by atoms with Crippen LogP contribution in [0.2, 0.25) is 13.3 Å². The van der Waals surface area contributed by atoms with Gasteiger partial charge in [0.2, 0.25) is 0 Å². The first-order chi connectivity index (χ1) is 15.4. The van der Waals surface area contributed by atoms with Crippen LogP contribution in [0, 0.1) is 0 Å². The van der Waals surface area contributed by atoms with Gasteiger partial charge in [-0.2, -0.15) is 0 Å². The zero-order chi connectivity index (χ0) is 25.1. The number of carbonyl (C=O) groups excluding carboxylic acids is 1. The Morgan fingerprint density at radius 1 is 0.879 bits per heavy atom. The zero-order valence-corrected chi connectivity index (χ0v) is 24.9. The Balaban J connectivity index is 3.15. The van der Waals surface area contributed by atoms with Gasteiger partial charge in [0, 0.05) is 0 Å². The number of hydrogen-bond donors (Lipinski definition) is 2. The van der Waals surface area contributed by atoms with Crippen molar-refractivity contribution in [3.05, 3.63) is 29.8 Å². The summed E-state index contributed by atoms with van der Waals surface area (Å²) in [5, 5.41) is 12.4. The molecule has 33 heavy (non-hydrogen) atoms. The molecule has 1 aromatic carbocycles. The summed E-state index contributed by atoms with van der Waals surface area (Å²) in [4.78, 5) is 24.3. The van der Waals surface area contributed by atoms with Gasteiger partial charge >= 0.3 is 206 Å². The SMILES string of the molecule is CCC[CH2][Sn]([CH2]CCC)([CH2]CCC)[c]1ccc(CC(C)(NC(=O)OC(C)(C)C)C(=O)O)cc1. The minimum atomic E-state index is -2.51. The molecule has 5 nitrogen and oxygen atoms in total. The molecule has 0 spiro atoms. The maximum atomic E-state index is 12.3. The number of alkyl carbamates (subject to hydrolysis) is 1. The second kappa shape index (κ2) is 13.6. The van der Waals surface area contributed by atoms with E-state index in [0.29, 0.717) is 0 Å². The van der Waals surface area contributed by atoms with Gasteiger partial charge in [-0.3, -0.25) is 0 Å². The molecular weight excluding hydrogens is 521 g/mol. The van der Waals surface area contributed by atoms with E-state index in [2.05, 4.69) is 50.4 Å². The van der Waals surface area contributed by atoms with Gasteiger partial charge in [0.05, 0.1) is 0 Å². The van der Waals surface area contributed by atoms with E-state index < -0.39 is 41.6 Å². The third-order valence-electron chi connectivity index (χ3n) is 6.40. The number of unbranched alkanes of at least 4 members (excludes halogenated alkanes) is 3. The van der Waals surface area contributed by atoms with E-state index >= 15 is 0 Å². The molecule has 2 N–H and O–H groups in total. The van der Waals surface area contributed by atoms with Gasteiger partial charge < -0.3 is 0 Å². The van der Waals surface area contributed by atoms with Crippen LogP contribution in [0.25, 0.3) is 0 Å². The second-order valence-corrected chi connectivity index (χ2v) is 24.0. The maximum absolute atomic E-state index is 12.3. The van der Waals surface area contributed by atoms with E-state index in [0.717, 1.165) is 5.56 Å². The van der Waals surface area contributed by atoms with Crippen molar-refractivity contribution < 1.29 is 19.4 Å². The van der Waals surface area contributed by atoms with Crippen molar-refractivity contribution in [2.75, 3.05) is 0 Å². The van der Waals surface area contributed by atoms with Crippen LogP contribution < -0.4 is 8.90 Å². The average molecular weight is 568 g/mol. The molecule has 0 radical (unpaired) electrons. The van der Waals surface area contributed by atoms with Crippen LogP contribution in [0.5, 0.6) is 0 Å². The monoisotopic (exact) mass is 569 g/mol. The van der Waals surface area contributed by atoms with Crippen LogP contribution in [0.4, 0.5) is 4.79 Å². The summed E-state index contributed by atoms with van der Waals surface area (Å²) >= 11 is -2.51. The average Bonchev–Trinajstić information content (AvgIpc) is 2.72. The Kier molecular flexibility index (Phi) is 12.3. The number of hydrogen-bond acceptors (Lipinski definition) is 3. The molecule has 6 heteroatoms. The number of nitrogens with one attached hydrogen (secondary N) is 1. The van der Waals surface area contributed by atoms with E-state index in [1.807, 2.05) is 0 Å². The summed E-state index contributed by atoms with van der Waals surface area (Å²) in [5.41, 5.74) is -1.20. The van der Waals surface area contributed by atoms with Gasteiger partial charge in [-0.15, -0.1) is 0 Å². The Morgan fingerprint density at radius 3 is 1.70 bits per heavy atom. The second-order valence-electron chi connectivity index (χ2n) is 10.7. The molecule has 0 saturated heterocycles. The topological polar surface area (TPSA) is 75.6 Å². The molecule has 1 atom stereocenters. The predicted molar refractivity (Wildman–Crippen MR) is 140 cm³/mol. The molecule has 0 aliphatic heterocycles. The summed E-state index contributed by atoms with van der Waals surface area (Å²) < 4.78 is 11.1. The Morgan fingerprint density at radius 2 is 1.33 bits per heavy atom. The molecule has 0 saturated carbocycles. The van der Waals surface area contributed by atoms with Crippen LogP contribution in [-0.2, 0) is 16.0 Å². The number of carboxylic acids is 1. The summed E-state index contributed by atoms with van der Waals surface area (Å²) in [5.74, 6) is -1.07. The first-order valence-electron chi connectivity index (χ1n) is 12.8. The van der Waals surface area contributed by atoms with Gasteiger partial charge in [-0.05, 0) is 0 Å². The Labute approximate surface area is 205 Å². The summed E-state index contributed by atoms with van der Waals surface area (Å²) in [7, 11) is 0. The molecular formula is C27H47NO4Sn. The van der Waals surface area contributed by atoms with Crippen LogP contribution in [-0.4, -0.2) is 46.7 Å². The number of carbonyl (C=O) groups is 2. The van der Waals surface area contributed by atoms with Crippen molar-refractivity contribution in [2.45, 2.75) is 118 Å². The van der Waals surface area contributed by atoms with Crippen molar-refractivity contribution in [3.8, 4) is 0 Å². The number of rotatable bonds is 14. The zero-order valence-electron chi connectivity index (χ0n) is 22.1. The van der Waals surface area contributed by atoms with E-state index in [1.54, 1.807) is 31.3 Å². The van der Waals surface area contributed by atoms with Crippen LogP contribution in [0.15, 0.2) is 24.3 Å². The molecule has 1 unspecified atom stereocenters. The fourth-order valence-electron chi connectivity index (χ4n) is 4.44. The number of benzene rings is 1. The summed E-state index contributed by atoms with van der Waals surface area (Å²) in [6.07, 6.45) is 7.14. The van der Waals surface area contributed by atoms with Crippen molar-refractivity contribution >= 4 is 34.0 Å². The number of carboxylic acid groups (broad SMARTS) is 1. The molecule has 188 valence electrons. The van der Waals surface area contributed by atoms with Gasteiger partial charge in [0.25, 0.3) is 0 Å². The molecule has 0 aromatic heterocycles. The van der Waals surface area contributed by atoms with Crippen molar-refractivity contribution in [1.29, 1.82) is 0 Å². The Hall–Kier alpha value is -1.24. The van der Waals surface area contributed by atoms with E-state index in [9.17, 15) is 14.7 Å². The molecule has 0 aliphatic rings. The fraction of sp³-hybridized carbons (Fsp3) is 0.704. The third-order valence-corrected chi connectivity index (χ3v) is 22.1. The van der Waals surface area contributed by atoms with Crippen molar-refractivity contribution in [2.24, 2.45) is 0 Å². The first kappa shape index (κ1) is 29.8. The Bertz CT molecular complexity index is 720. The van der Waals surface area contributed by atoms with Gasteiger partial charge in [0.15, 0.2) is 0 Å². The summed E-state index contributed by atoms with van der Waals surface area (Å²) in [6.45, 7) is 13.7. The quantitative estimate of drug-likeness (QED) is 0.247. The van der Waals surface area contributed by atoms with E-state index in [-0.39, 0.29) is 6.42 Å².